The molecule has 2 rings (SSSR count). The number of nitrogens with zero attached hydrogens (tertiary/aromatic N) is 3. The van der Waals surface area contributed by atoms with Crippen LogP contribution in [0.25, 0.3) is 11.5 Å². The normalized spacial score (nSPS) is 12.2. The lowest BCUT2D eigenvalue weighted by molar-refractivity contribution is -0.384. The molecule has 100 valence electrons. The van der Waals surface area contributed by atoms with Gasteiger partial charge in [0.15, 0.2) is 0 Å². The molecule has 7 nitrogen and oxygen atoms in total. The van der Waals surface area contributed by atoms with E-state index in [1.54, 1.807) is 6.92 Å². The lowest BCUT2D eigenvalue weighted by Crippen LogP contribution is -1.92. The van der Waals surface area contributed by atoms with Crippen LogP contribution in [0.2, 0.25) is 0 Å². The highest BCUT2D eigenvalue weighted by Gasteiger charge is 2.18. The molecule has 0 bridgehead atoms. The summed E-state index contributed by atoms with van der Waals surface area (Å²) in [5.74, 6) is 0.762. The zero-order chi connectivity index (χ0) is 14.0. The maximum absolute atomic E-state index is 10.7. The number of hydrogen-bond acceptors (Lipinski definition) is 6. The fourth-order valence-corrected chi connectivity index (χ4v) is 1.56. The zero-order valence-corrected chi connectivity index (χ0v) is 10.9. The van der Waals surface area contributed by atoms with Crippen LogP contribution in [0.4, 0.5) is 5.69 Å². The molecule has 1 heterocycles. The van der Waals surface area contributed by atoms with Gasteiger partial charge in [0, 0.05) is 6.07 Å². The number of ether oxygens (including phenoxy) is 1. The smallest absolute Gasteiger partial charge is 0.273 e. The van der Waals surface area contributed by atoms with Crippen molar-refractivity contribution in [2.45, 2.75) is 12.3 Å². The highest BCUT2D eigenvalue weighted by Crippen LogP contribution is 2.33. The van der Waals surface area contributed by atoms with Gasteiger partial charge in [-0.25, -0.2) is 0 Å². The summed E-state index contributed by atoms with van der Waals surface area (Å²) in [6.07, 6.45) is 0. The van der Waals surface area contributed by atoms with Gasteiger partial charge in [-0.05, 0) is 13.0 Å². The van der Waals surface area contributed by atoms with Gasteiger partial charge in [0.25, 0.3) is 11.6 Å². The van der Waals surface area contributed by atoms with Crippen LogP contribution in [0.5, 0.6) is 5.75 Å². The number of aromatic nitrogens is 2. The van der Waals surface area contributed by atoms with Crippen molar-refractivity contribution < 1.29 is 14.1 Å². The Morgan fingerprint density at radius 2 is 2.21 bits per heavy atom. The average molecular weight is 284 g/mol. The molecule has 0 saturated carbocycles. The van der Waals surface area contributed by atoms with Crippen molar-refractivity contribution in [3.05, 3.63) is 34.2 Å². The van der Waals surface area contributed by atoms with E-state index in [0.29, 0.717) is 5.56 Å². The van der Waals surface area contributed by atoms with Crippen LogP contribution in [0.1, 0.15) is 18.2 Å². The van der Waals surface area contributed by atoms with E-state index in [4.69, 9.17) is 20.8 Å². The summed E-state index contributed by atoms with van der Waals surface area (Å²) < 4.78 is 10.5. The summed E-state index contributed by atoms with van der Waals surface area (Å²) in [6.45, 7) is 1.70. The molecule has 8 heteroatoms. The molecule has 0 spiro atoms. The van der Waals surface area contributed by atoms with Gasteiger partial charge in [-0.2, -0.15) is 0 Å². The zero-order valence-electron chi connectivity index (χ0n) is 10.2. The second kappa shape index (κ2) is 5.23. The van der Waals surface area contributed by atoms with Crippen molar-refractivity contribution in [1.29, 1.82) is 0 Å². The van der Waals surface area contributed by atoms with E-state index in [1.165, 1.54) is 25.3 Å². The van der Waals surface area contributed by atoms with Crippen molar-refractivity contribution in [3.8, 4) is 17.2 Å². The van der Waals surface area contributed by atoms with E-state index < -0.39 is 10.3 Å². The molecule has 0 N–H and O–H groups in total. The van der Waals surface area contributed by atoms with Crippen molar-refractivity contribution in [3.63, 3.8) is 0 Å². The summed E-state index contributed by atoms with van der Waals surface area (Å²) >= 11 is 5.83. The van der Waals surface area contributed by atoms with Crippen molar-refractivity contribution >= 4 is 17.3 Å². The van der Waals surface area contributed by atoms with Crippen LogP contribution in [-0.4, -0.2) is 22.2 Å². The van der Waals surface area contributed by atoms with Crippen LogP contribution in [-0.2, 0) is 0 Å². The Labute approximate surface area is 113 Å². The van der Waals surface area contributed by atoms with E-state index in [9.17, 15) is 10.1 Å². The molecule has 2 aromatic rings. The minimum absolute atomic E-state index is 0.0777. The first kappa shape index (κ1) is 13.3. The minimum atomic E-state index is -0.508. The average Bonchev–Trinajstić information content (AvgIpc) is 2.87. The maximum atomic E-state index is 10.7. The van der Waals surface area contributed by atoms with Gasteiger partial charge >= 0.3 is 0 Å². The predicted octanol–water partition coefficient (Wildman–Crippen LogP) is 2.95. The Bertz CT molecular complexity index is 612. The molecule has 0 aliphatic rings. The molecule has 0 amide bonds. The number of halogens is 1. The van der Waals surface area contributed by atoms with Gasteiger partial charge < -0.3 is 9.15 Å². The first-order valence-electron chi connectivity index (χ1n) is 5.33. The standard InChI is InChI=1S/C11H10ClN3O4/c1-6(12)10-13-14-11(19-10)8-4-3-7(15(16)17)5-9(8)18-2/h3-6H,1-2H3. The monoisotopic (exact) mass is 283 g/mol. The predicted molar refractivity (Wildman–Crippen MR) is 67.2 cm³/mol. The SMILES string of the molecule is COc1cc([N+](=O)[O-])ccc1-c1nnc(C(C)Cl)o1. The fraction of sp³-hybridized carbons (Fsp3) is 0.273. The fourth-order valence-electron chi connectivity index (χ4n) is 1.47. The van der Waals surface area contributed by atoms with Crippen LogP contribution >= 0.6 is 11.6 Å². The summed E-state index contributed by atoms with van der Waals surface area (Å²) in [6, 6.07) is 4.13. The third kappa shape index (κ3) is 2.65. The highest BCUT2D eigenvalue weighted by atomic mass is 35.5. The number of benzene rings is 1. The lowest BCUT2D eigenvalue weighted by atomic mass is 10.2. The van der Waals surface area contributed by atoms with E-state index in [2.05, 4.69) is 10.2 Å². The van der Waals surface area contributed by atoms with Gasteiger partial charge in [0.2, 0.25) is 5.89 Å². The van der Waals surface area contributed by atoms with E-state index in [-0.39, 0.29) is 23.2 Å². The maximum Gasteiger partial charge on any atom is 0.273 e. The molecule has 19 heavy (non-hydrogen) atoms. The van der Waals surface area contributed by atoms with Gasteiger partial charge in [-0.15, -0.1) is 21.8 Å². The van der Waals surface area contributed by atoms with Crippen molar-refractivity contribution in [1.82, 2.24) is 10.2 Å². The Balaban J connectivity index is 2.46. The van der Waals surface area contributed by atoms with E-state index in [1.807, 2.05) is 0 Å². The number of nitro groups is 1. The molecule has 0 aliphatic heterocycles. The van der Waals surface area contributed by atoms with E-state index in [0.717, 1.165) is 0 Å². The molecule has 0 aliphatic carbocycles. The Hall–Kier alpha value is -2.15. The first-order valence-corrected chi connectivity index (χ1v) is 5.77. The van der Waals surface area contributed by atoms with Gasteiger partial charge in [0.05, 0.1) is 23.7 Å². The van der Waals surface area contributed by atoms with Crippen LogP contribution in [0, 0.1) is 10.1 Å². The number of non-ortho nitro benzene ring substituents is 1. The summed E-state index contributed by atoms with van der Waals surface area (Å²) in [4.78, 5) is 10.2. The number of hydrogen-bond donors (Lipinski definition) is 0. The second-order valence-corrected chi connectivity index (χ2v) is 4.36. The molecule has 1 aromatic carbocycles. The highest BCUT2D eigenvalue weighted by molar-refractivity contribution is 6.20. The number of methoxy groups -OCH3 is 1. The quantitative estimate of drug-likeness (QED) is 0.486. The summed E-state index contributed by atoms with van der Waals surface area (Å²) in [7, 11) is 1.41. The Kier molecular flexibility index (Phi) is 3.66. The third-order valence-electron chi connectivity index (χ3n) is 2.41. The second-order valence-electron chi connectivity index (χ2n) is 3.70. The lowest BCUT2D eigenvalue weighted by Gasteiger charge is -2.04. The molecular formula is C11H10ClN3O4. The molecule has 0 radical (unpaired) electrons. The molecule has 0 fully saturated rings. The Morgan fingerprint density at radius 1 is 1.47 bits per heavy atom. The first-order chi connectivity index (χ1) is 9.02. The van der Waals surface area contributed by atoms with Crippen molar-refractivity contribution in [2.24, 2.45) is 0 Å². The van der Waals surface area contributed by atoms with Crippen LogP contribution < -0.4 is 4.74 Å². The van der Waals surface area contributed by atoms with Gasteiger partial charge in [-0.1, -0.05) is 0 Å². The summed E-state index contributed by atoms with van der Waals surface area (Å²) in [5.41, 5.74) is 0.398. The van der Waals surface area contributed by atoms with Crippen LogP contribution in [0.15, 0.2) is 22.6 Å². The molecule has 0 saturated heterocycles. The topological polar surface area (TPSA) is 91.3 Å². The van der Waals surface area contributed by atoms with Crippen LogP contribution in [0.3, 0.4) is 0 Å². The number of alkyl halides is 1. The number of rotatable bonds is 4. The number of nitro benzene ring substituents is 1. The molecule has 1 aromatic heterocycles. The molecular weight excluding hydrogens is 274 g/mol. The van der Waals surface area contributed by atoms with Crippen molar-refractivity contribution in [2.75, 3.05) is 7.11 Å². The van der Waals surface area contributed by atoms with E-state index >= 15 is 0 Å². The van der Waals surface area contributed by atoms with Gasteiger partial charge in [0.1, 0.15) is 11.1 Å². The third-order valence-corrected chi connectivity index (χ3v) is 2.59. The largest absolute Gasteiger partial charge is 0.496 e. The Morgan fingerprint density at radius 3 is 2.74 bits per heavy atom. The molecule has 1 atom stereocenters. The molecule has 1 unspecified atom stereocenters. The van der Waals surface area contributed by atoms with Gasteiger partial charge in [-0.3, -0.25) is 10.1 Å². The summed E-state index contributed by atoms with van der Waals surface area (Å²) in [5, 5.41) is 17.9. The minimum Gasteiger partial charge on any atom is -0.496 e.